The molecule has 0 spiro atoms. The fraction of sp³-hybridized carbons (Fsp3) is 1.00. The molecule has 0 aromatic rings. The summed E-state index contributed by atoms with van der Waals surface area (Å²) in [5, 5.41) is 13.0. The molecule has 4 nitrogen and oxygen atoms in total. The Kier molecular flexibility index (Phi) is 6.28. The van der Waals surface area contributed by atoms with Gasteiger partial charge in [0.05, 0.1) is 25.9 Å². The minimum Gasteiger partial charge on any atom is -0.389 e. The second-order valence-electron chi connectivity index (χ2n) is 4.72. The third kappa shape index (κ3) is 5.25. The molecule has 2 N–H and O–H groups in total. The molecule has 0 aromatic heterocycles. The van der Waals surface area contributed by atoms with Crippen molar-refractivity contribution in [2.24, 2.45) is 0 Å². The van der Waals surface area contributed by atoms with Crippen LogP contribution < -0.4 is 5.32 Å². The minimum absolute atomic E-state index is 0.256. The zero-order valence-corrected chi connectivity index (χ0v) is 10.5. The van der Waals surface area contributed by atoms with Crippen LogP contribution in [0.15, 0.2) is 0 Å². The molecule has 1 rings (SSSR count). The van der Waals surface area contributed by atoms with Crippen molar-refractivity contribution in [1.29, 1.82) is 0 Å². The Balaban J connectivity index is 1.92. The lowest BCUT2D eigenvalue weighted by molar-refractivity contribution is 0.00234. The lowest BCUT2D eigenvalue weighted by Gasteiger charge is -2.40. The van der Waals surface area contributed by atoms with E-state index >= 15 is 0 Å². The average molecular weight is 231 g/mol. The van der Waals surface area contributed by atoms with Crippen molar-refractivity contribution in [1.82, 2.24) is 5.32 Å². The number of hydrogen-bond acceptors (Lipinski definition) is 4. The summed E-state index contributed by atoms with van der Waals surface area (Å²) < 4.78 is 10.4. The molecule has 16 heavy (non-hydrogen) atoms. The molecule has 0 saturated heterocycles. The summed E-state index contributed by atoms with van der Waals surface area (Å²) in [4.78, 5) is 0. The summed E-state index contributed by atoms with van der Waals surface area (Å²) >= 11 is 0. The largest absolute Gasteiger partial charge is 0.389 e. The number of aliphatic hydroxyl groups excluding tert-OH is 1. The van der Waals surface area contributed by atoms with E-state index in [1.165, 1.54) is 19.3 Å². The van der Waals surface area contributed by atoms with Gasteiger partial charge in [0.2, 0.25) is 0 Å². The van der Waals surface area contributed by atoms with E-state index in [2.05, 4.69) is 12.2 Å². The molecule has 1 aliphatic rings. The van der Waals surface area contributed by atoms with Crippen LogP contribution in [0, 0.1) is 0 Å². The number of hydrogen-bond donors (Lipinski definition) is 2. The maximum absolute atomic E-state index is 9.66. The number of nitrogens with one attached hydrogen (secondary N) is 1. The fourth-order valence-corrected chi connectivity index (χ4v) is 1.79. The molecular formula is C12H25NO3. The van der Waals surface area contributed by atoms with Crippen LogP contribution in [-0.4, -0.2) is 49.7 Å². The normalized spacial score (nSPS) is 20.4. The summed E-state index contributed by atoms with van der Waals surface area (Å²) in [6.07, 6.45) is 3.30. The second kappa shape index (κ2) is 7.22. The van der Waals surface area contributed by atoms with Gasteiger partial charge in [-0.3, -0.25) is 0 Å². The van der Waals surface area contributed by atoms with Gasteiger partial charge in [-0.25, -0.2) is 0 Å². The molecular weight excluding hydrogens is 206 g/mol. The number of ether oxygens (including phenoxy) is 2. The minimum atomic E-state index is -0.418. The average Bonchev–Trinajstić information content (AvgIpc) is 2.23. The van der Waals surface area contributed by atoms with Crippen LogP contribution in [0.1, 0.15) is 33.1 Å². The summed E-state index contributed by atoms with van der Waals surface area (Å²) in [6.45, 7) is 7.04. The SMILES string of the molecule is CCOCCOCC(O)CNC1(C)CCC1. The quantitative estimate of drug-likeness (QED) is 0.580. The first kappa shape index (κ1) is 13.9. The highest BCUT2D eigenvalue weighted by atomic mass is 16.5. The van der Waals surface area contributed by atoms with Gasteiger partial charge in [0, 0.05) is 18.7 Å². The van der Waals surface area contributed by atoms with Crippen molar-refractivity contribution in [2.75, 3.05) is 33.0 Å². The van der Waals surface area contributed by atoms with Crippen molar-refractivity contribution in [3.05, 3.63) is 0 Å². The van der Waals surface area contributed by atoms with E-state index in [4.69, 9.17) is 9.47 Å². The molecule has 0 radical (unpaired) electrons. The molecule has 1 unspecified atom stereocenters. The first-order valence-corrected chi connectivity index (χ1v) is 6.25. The van der Waals surface area contributed by atoms with Crippen LogP contribution in [0.3, 0.4) is 0 Å². The first-order valence-electron chi connectivity index (χ1n) is 6.25. The second-order valence-corrected chi connectivity index (χ2v) is 4.72. The number of rotatable bonds is 9. The predicted octanol–water partition coefficient (Wildman–Crippen LogP) is 0.933. The van der Waals surface area contributed by atoms with Gasteiger partial charge in [-0.2, -0.15) is 0 Å². The van der Waals surface area contributed by atoms with Crippen molar-refractivity contribution < 1.29 is 14.6 Å². The third-order valence-electron chi connectivity index (χ3n) is 3.11. The molecule has 96 valence electrons. The molecule has 1 atom stereocenters. The van der Waals surface area contributed by atoms with Gasteiger partial charge >= 0.3 is 0 Å². The molecule has 0 aromatic carbocycles. The van der Waals surface area contributed by atoms with E-state index < -0.39 is 6.10 Å². The van der Waals surface area contributed by atoms with Gasteiger partial charge < -0.3 is 19.9 Å². The van der Waals surface area contributed by atoms with Crippen LogP contribution in [0.2, 0.25) is 0 Å². The van der Waals surface area contributed by atoms with Gasteiger partial charge in [0.25, 0.3) is 0 Å². The maximum Gasteiger partial charge on any atom is 0.0897 e. The Morgan fingerprint density at radius 2 is 2.00 bits per heavy atom. The summed E-state index contributed by atoms with van der Waals surface area (Å²) in [7, 11) is 0. The monoisotopic (exact) mass is 231 g/mol. The van der Waals surface area contributed by atoms with Crippen molar-refractivity contribution in [2.45, 2.75) is 44.8 Å². The maximum atomic E-state index is 9.66. The van der Waals surface area contributed by atoms with Crippen LogP contribution in [0.4, 0.5) is 0 Å². The highest BCUT2D eigenvalue weighted by Crippen LogP contribution is 2.30. The molecule has 0 aliphatic heterocycles. The molecule has 0 bridgehead atoms. The molecule has 1 aliphatic carbocycles. The molecule has 4 heteroatoms. The van der Waals surface area contributed by atoms with E-state index in [0.717, 1.165) is 0 Å². The van der Waals surface area contributed by atoms with Gasteiger partial charge in [-0.15, -0.1) is 0 Å². The topological polar surface area (TPSA) is 50.7 Å². The van der Waals surface area contributed by atoms with E-state index in [9.17, 15) is 5.11 Å². The van der Waals surface area contributed by atoms with Crippen LogP contribution >= 0.6 is 0 Å². The van der Waals surface area contributed by atoms with Crippen molar-refractivity contribution in [3.63, 3.8) is 0 Å². The molecule has 1 fully saturated rings. The van der Waals surface area contributed by atoms with Crippen LogP contribution in [-0.2, 0) is 9.47 Å². The predicted molar refractivity (Wildman–Crippen MR) is 63.6 cm³/mol. The van der Waals surface area contributed by atoms with Gasteiger partial charge in [-0.05, 0) is 33.1 Å². The highest BCUT2D eigenvalue weighted by molar-refractivity contribution is 4.91. The Morgan fingerprint density at radius 3 is 2.56 bits per heavy atom. The lowest BCUT2D eigenvalue weighted by atomic mass is 9.78. The summed E-state index contributed by atoms with van der Waals surface area (Å²) in [5.41, 5.74) is 0.256. The van der Waals surface area contributed by atoms with Gasteiger partial charge in [-0.1, -0.05) is 0 Å². The first-order chi connectivity index (χ1) is 7.66. The Labute approximate surface area is 98.3 Å². The Hall–Kier alpha value is -0.160. The smallest absolute Gasteiger partial charge is 0.0897 e. The van der Waals surface area contributed by atoms with Crippen molar-refractivity contribution >= 4 is 0 Å². The lowest BCUT2D eigenvalue weighted by Crippen LogP contribution is -2.51. The standard InChI is InChI=1S/C12H25NO3/c1-3-15-7-8-16-10-11(14)9-13-12(2)5-4-6-12/h11,13-14H,3-10H2,1-2H3. The fourth-order valence-electron chi connectivity index (χ4n) is 1.79. The summed E-state index contributed by atoms with van der Waals surface area (Å²) in [5.74, 6) is 0. The Bertz CT molecular complexity index is 183. The van der Waals surface area contributed by atoms with E-state index in [1.807, 2.05) is 6.92 Å². The molecule has 0 heterocycles. The number of β-amino-alcohol motifs (C(OH)–C–C–N with tert-alkyl or cyclic N) is 1. The van der Waals surface area contributed by atoms with E-state index in [-0.39, 0.29) is 5.54 Å². The highest BCUT2D eigenvalue weighted by Gasteiger charge is 2.31. The summed E-state index contributed by atoms with van der Waals surface area (Å²) in [6, 6.07) is 0. The van der Waals surface area contributed by atoms with E-state index in [1.54, 1.807) is 0 Å². The van der Waals surface area contributed by atoms with Crippen LogP contribution in [0.25, 0.3) is 0 Å². The zero-order chi connectivity index (χ0) is 11.9. The number of aliphatic hydroxyl groups is 1. The third-order valence-corrected chi connectivity index (χ3v) is 3.11. The van der Waals surface area contributed by atoms with Gasteiger partial charge in [0.1, 0.15) is 0 Å². The molecule has 1 saturated carbocycles. The Morgan fingerprint density at radius 1 is 1.31 bits per heavy atom. The zero-order valence-electron chi connectivity index (χ0n) is 10.5. The van der Waals surface area contributed by atoms with Crippen LogP contribution in [0.5, 0.6) is 0 Å². The van der Waals surface area contributed by atoms with Crippen molar-refractivity contribution in [3.8, 4) is 0 Å². The van der Waals surface area contributed by atoms with Gasteiger partial charge in [0.15, 0.2) is 0 Å². The molecule has 0 amide bonds. The van der Waals surface area contributed by atoms with E-state index in [0.29, 0.717) is 33.0 Å².